The SMILES string of the molecule is COCOc1ccc(C)c2c1O[C@H]1[C@H](N3C(=O)c4cccc(O)c4C3=O)CC[C@@]3(O)[C@H]4C(CN4CC4CC4)[C@]213. The largest absolute Gasteiger partial charge is 0.507 e. The predicted molar refractivity (Wildman–Crippen MR) is 138 cm³/mol. The number of hydrogen-bond donors (Lipinski definition) is 2. The van der Waals surface area contributed by atoms with E-state index in [2.05, 4.69) is 4.90 Å². The summed E-state index contributed by atoms with van der Waals surface area (Å²) in [5.41, 5.74) is 0.345. The molecule has 2 aromatic rings. The monoisotopic (exact) mass is 532 g/mol. The maximum Gasteiger partial charge on any atom is 0.265 e. The molecule has 1 spiro atoms. The number of amides is 2. The lowest BCUT2D eigenvalue weighted by molar-refractivity contribution is -0.320. The van der Waals surface area contributed by atoms with Crippen LogP contribution in [0.2, 0.25) is 0 Å². The number of phenols is 1. The Morgan fingerprint density at radius 1 is 1.13 bits per heavy atom. The number of aryl methyl sites for hydroxylation is 1. The fourth-order valence-electron chi connectivity index (χ4n) is 8.76. The van der Waals surface area contributed by atoms with Crippen molar-refractivity contribution in [1.29, 1.82) is 0 Å². The summed E-state index contributed by atoms with van der Waals surface area (Å²) in [5.74, 6) is 0.813. The normalized spacial score (nSPS) is 35.7. The van der Waals surface area contributed by atoms with E-state index in [1.165, 1.54) is 23.8 Å². The van der Waals surface area contributed by atoms with E-state index in [1.807, 2.05) is 19.1 Å². The Kier molecular flexibility index (Phi) is 4.71. The van der Waals surface area contributed by atoms with E-state index >= 15 is 0 Å². The molecule has 2 amide bonds. The highest BCUT2D eigenvalue weighted by atomic mass is 16.7. The molecular weight excluding hydrogens is 500 g/mol. The van der Waals surface area contributed by atoms with Gasteiger partial charge in [-0.15, -0.1) is 0 Å². The van der Waals surface area contributed by atoms with Gasteiger partial charge in [-0.25, -0.2) is 0 Å². The molecule has 6 atom stereocenters. The molecule has 9 nitrogen and oxygen atoms in total. The van der Waals surface area contributed by atoms with Crippen molar-refractivity contribution >= 4 is 11.8 Å². The second kappa shape index (κ2) is 7.74. The summed E-state index contributed by atoms with van der Waals surface area (Å²) in [5, 5.41) is 23.1. The molecule has 1 saturated heterocycles. The summed E-state index contributed by atoms with van der Waals surface area (Å²) >= 11 is 0. The first-order valence-corrected chi connectivity index (χ1v) is 13.9. The molecule has 8 rings (SSSR count). The van der Waals surface area contributed by atoms with Crippen LogP contribution in [0.5, 0.6) is 17.2 Å². The van der Waals surface area contributed by atoms with E-state index in [0.717, 1.165) is 24.2 Å². The third kappa shape index (κ3) is 2.71. The highest BCUT2D eigenvalue weighted by Crippen LogP contribution is 2.74. The number of imide groups is 1. The zero-order chi connectivity index (χ0) is 26.8. The number of aromatic hydroxyl groups is 1. The van der Waals surface area contributed by atoms with Gasteiger partial charge < -0.3 is 24.4 Å². The van der Waals surface area contributed by atoms with E-state index in [-0.39, 0.29) is 35.6 Å². The lowest BCUT2D eigenvalue weighted by Crippen LogP contribution is -2.92. The lowest BCUT2D eigenvalue weighted by atomic mass is 9.35. The summed E-state index contributed by atoms with van der Waals surface area (Å²) in [4.78, 5) is 31.0. The molecule has 3 saturated carbocycles. The molecule has 0 bridgehead atoms. The van der Waals surface area contributed by atoms with Crippen molar-refractivity contribution in [2.75, 3.05) is 27.0 Å². The molecule has 9 heteroatoms. The molecule has 2 N–H and O–H groups in total. The van der Waals surface area contributed by atoms with Crippen molar-refractivity contribution in [3.05, 3.63) is 52.6 Å². The Labute approximate surface area is 226 Å². The Morgan fingerprint density at radius 2 is 1.95 bits per heavy atom. The van der Waals surface area contributed by atoms with Crippen molar-refractivity contribution < 1.29 is 34.0 Å². The summed E-state index contributed by atoms with van der Waals surface area (Å²) in [7, 11) is 1.56. The number of rotatable bonds is 6. The number of carbonyl (C=O) groups excluding carboxylic acids is 2. The number of likely N-dealkylation sites (tertiary alicyclic amines) is 1. The number of nitrogens with zero attached hydrogens (tertiary/aromatic N) is 2. The number of fused-ring (bicyclic) bond motifs is 4. The van der Waals surface area contributed by atoms with Gasteiger partial charge in [0.2, 0.25) is 0 Å². The first-order valence-electron chi connectivity index (χ1n) is 13.9. The van der Waals surface area contributed by atoms with Crippen LogP contribution in [0.4, 0.5) is 0 Å². The van der Waals surface area contributed by atoms with Gasteiger partial charge in [-0.3, -0.25) is 19.4 Å². The predicted octanol–water partition coefficient (Wildman–Crippen LogP) is 2.60. The van der Waals surface area contributed by atoms with Crippen LogP contribution < -0.4 is 9.47 Å². The van der Waals surface area contributed by atoms with Crippen LogP contribution in [0.25, 0.3) is 0 Å². The number of piperidine rings is 1. The molecule has 3 aliphatic heterocycles. The second-order valence-corrected chi connectivity index (χ2v) is 12.2. The van der Waals surface area contributed by atoms with E-state index in [0.29, 0.717) is 30.3 Å². The van der Waals surface area contributed by atoms with Crippen molar-refractivity contribution in [3.8, 4) is 17.2 Å². The molecule has 39 heavy (non-hydrogen) atoms. The standard InChI is InChI=1S/C30H32N2O7/c1-15-6-9-21(38-14-37-2)24-23(15)30-18-13-31(12-16-7-8-16)25(18)29(30,36)11-10-19(26(30)39-24)32-27(34)17-4-3-5-20(33)22(17)28(32)35/h3-6,9,16,18-19,25-26,33,36H,7-8,10-14H2,1-2H3/t18?,19-,25-,26+,29-,30+/m1/s1. The Morgan fingerprint density at radius 3 is 2.69 bits per heavy atom. The minimum absolute atomic E-state index is 0.0327. The van der Waals surface area contributed by atoms with Crippen LogP contribution in [0, 0.1) is 18.8 Å². The van der Waals surface area contributed by atoms with Crippen molar-refractivity contribution in [2.45, 2.75) is 61.8 Å². The van der Waals surface area contributed by atoms with Crippen molar-refractivity contribution in [3.63, 3.8) is 0 Å². The topological polar surface area (TPSA) is 109 Å². The fraction of sp³-hybridized carbons (Fsp3) is 0.533. The van der Waals surface area contributed by atoms with Crippen molar-refractivity contribution in [1.82, 2.24) is 9.80 Å². The van der Waals surface area contributed by atoms with Gasteiger partial charge in [0.25, 0.3) is 11.8 Å². The maximum absolute atomic E-state index is 13.7. The third-order valence-electron chi connectivity index (χ3n) is 10.4. The minimum Gasteiger partial charge on any atom is -0.507 e. The number of ether oxygens (including phenoxy) is 3. The molecular formula is C30H32N2O7. The minimum atomic E-state index is -1.05. The number of phenolic OH excluding ortho intramolecular Hbond substituents is 1. The Balaban J connectivity index is 1.25. The van der Waals surface area contributed by atoms with Crippen molar-refractivity contribution in [2.24, 2.45) is 11.8 Å². The Bertz CT molecular complexity index is 1440. The molecule has 0 radical (unpaired) electrons. The van der Waals surface area contributed by atoms with Gasteiger partial charge >= 0.3 is 0 Å². The van der Waals surface area contributed by atoms with E-state index in [9.17, 15) is 19.8 Å². The smallest absolute Gasteiger partial charge is 0.265 e. The summed E-state index contributed by atoms with van der Waals surface area (Å²) in [6.07, 6.45) is 2.73. The van der Waals surface area contributed by atoms with Gasteiger partial charge in [-0.05, 0) is 62.3 Å². The van der Waals surface area contributed by atoms with Crippen LogP contribution in [-0.4, -0.2) is 82.6 Å². The first kappa shape index (κ1) is 23.7. The summed E-state index contributed by atoms with van der Waals surface area (Å²) in [6, 6.07) is 7.86. The lowest BCUT2D eigenvalue weighted by Gasteiger charge is -2.78. The second-order valence-electron chi connectivity index (χ2n) is 12.2. The molecule has 3 heterocycles. The fourth-order valence-corrected chi connectivity index (χ4v) is 8.76. The highest BCUT2D eigenvalue weighted by Gasteiger charge is 2.85. The van der Waals surface area contributed by atoms with E-state index in [1.54, 1.807) is 19.2 Å². The van der Waals surface area contributed by atoms with E-state index < -0.39 is 35.0 Å². The van der Waals surface area contributed by atoms with Crippen LogP contribution >= 0.6 is 0 Å². The average Bonchev–Trinajstić information content (AvgIpc) is 3.58. The van der Waals surface area contributed by atoms with Gasteiger partial charge in [0.15, 0.2) is 18.3 Å². The number of carbonyl (C=O) groups is 2. The first-order chi connectivity index (χ1) is 18.8. The molecule has 4 fully saturated rings. The number of hydrogen-bond acceptors (Lipinski definition) is 8. The zero-order valence-corrected chi connectivity index (χ0v) is 22.1. The molecule has 6 aliphatic rings. The maximum atomic E-state index is 13.7. The van der Waals surface area contributed by atoms with Crippen LogP contribution in [0.1, 0.15) is 57.5 Å². The highest BCUT2D eigenvalue weighted by molar-refractivity contribution is 6.22. The van der Waals surface area contributed by atoms with Crippen LogP contribution in [0.15, 0.2) is 30.3 Å². The van der Waals surface area contributed by atoms with Gasteiger partial charge in [0.05, 0.1) is 28.2 Å². The van der Waals surface area contributed by atoms with Gasteiger partial charge in [-0.2, -0.15) is 0 Å². The molecule has 3 aliphatic carbocycles. The summed E-state index contributed by atoms with van der Waals surface area (Å²) < 4.78 is 17.8. The molecule has 1 unspecified atom stereocenters. The zero-order valence-electron chi connectivity index (χ0n) is 22.1. The quantitative estimate of drug-likeness (QED) is 0.432. The number of aliphatic hydroxyl groups is 1. The average molecular weight is 533 g/mol. The van der Waals surface area contributed by atoms with Gasteiger partial charge in [0.1, 0.15) is 11.9 Å². The van der Waals surface area contributed by atoms with Crippen LogP contribution in [0.3, 0.4) is 0 Å². The molecule has 204 valence electrons. The summed E-state index contributed by atoms with van der Waals surface area (Å²) in [6.45, 7) is 3.93. The van der Waals surface area contributed by atoms with Gasteiger partial charge in [0, 0.05) is 37.7 Å². The number of methoxy groups -OCH3 is 1. The van der Waals surface area contributed by atoms with Gasteiger partial charge in [-0.1, -0.05) is 12.1 Å². The molecule has 0 aromatic heterocycles. The number of benzene rings is 2. The molecule has 2 aromatic carbocycles. The Hall–Kier alpha value is -3.14. The van der Waals surface area contributed by atoms with Crippen LogP contribution in [-0.2, 0) is 10.2 Å². The van der Waals surface area contributed by atoms with E-state index in [4.69, 9.17) is 14.2 Å². The third-order valence-corrected chi connectivity index (χ3v) is 10.4.